The lowest BCUT2D eigenvalue weighted by molar-refractivity contribution is 0.0194. The van der Waals surface area contributed by atoms with Crippen molar-refractivity contribution in [2.75, 3.05) is 0 Å². The summed E-state index contributed by atoms with van der Waals surface area (Å²) in [4.78, 5) is 4.53. The molecule has 2 atom stereocenters. The van der Waals surface area contributed by atoms with E-state index in [9.17, 15) is 5.11 Å². The van der Waals surface area contributed by atoms with Crippen LogP contribution in [0.2, 0.25) is 0 Å². The molecule has 2 aromatic rings. The van der Waals surface area contributed by atoms with Crippen LogP contribution in [0.3, 0.4) is 0 Å². The smallest absolute Gasteiger partial charge is 0.0911 e. The van der Waals surface area contributed by atoms with Crippen LogP contribution in [0.1, 0.15) is 57.4 Å². The van der Waals surface area contributed by atoms with Gasteiger partial charge in [0.15, 0.2) is 0 Å². The number of hydrogen-bond acceptors (Lipinski definition) is 2. The summed E-state index contributed by atoms with van der Waals surface area (Å²) in [7, 11) is 0. The Morgan fingerprint density at radius 2 is 2.10 bits per heavy atom. The second-order valence-electron chi connectivity index (χ2n) is 6.53. The fraction of sp³-hybridized carbons (Fsp3) is 0.526. The Labute approximate surface area is 127 Å². The molecule has 1 aliphatic rings. The summed E-state index contributed by atoms with van der Waals surface area (Å²) in [6.45, 7) is 2.25. The summed E-state index contributed by atoms with van der Waals surface area (Å²) in [5.41, 5.74) is 1.32. The highest BCUT2D eigenvalue weighted by atomic mass is 16.3. The van der Waals surface area contributed by atoms with Gasteiger partial charge in [0.2, 0.25) is 0 Å². The first kappa shape index (κ1) is 14.5. The van der Waals surface area contributed by atoms with E-state index in [2.05, 4.69) is 24.0 Å². The summed E-state index contributed by atoms with van der Waals surface area (Å²) >= 11 is 0. The SMILES string of the molecule is CCCC1CCCC(O)(c2cnc3ccccc3c2)CC1. The number of rotatable bonds is 3. The van der Waals surface area contributed by atoms with Crippen LogP contribution in [0.15, 0.2) is 36.5 Å². The number of pyridine rings is 1. The van der Waals surface area contributed by atoms with E-state index in [1.165, 1.54) is 19.3 Å². The lowest BCUT2D eigenvalue weighted by Crippen LogP contribution is -2.25. The molecule has 3 rings (SSSR count). The van der Waals surface area contributed by atoms with Crippen molar-refractivity contribution >= 4 is 10.9 Å². The summed E-state index contributed by atoms with van der Waals surface area (Å²) in [5, 5.41) is 12.3. The average Bonchev–Trinajstić information content (AvgIpc) is 2.70. The first-order valence-electron chi connectivity index (χ1n) is 8.29. The van der Waals surface area contributed by atoms with Gasteiger partial charge in [0.05, 0.1) is 11.1 Å². The van der Waals surface area contributed by atoms with Crippen molar-refractivity contribution in [3.63, 3.8) is 0 Å². The molecular formula is C19H25NO. The summed E-state index contributed by atoms with van der Waals surface area (Å²) in [6, 6.07) is 10.3. The van der Waals surface area contributed by atoms with Crippen molar-refractivity contribution in [1.29, 1.82) is 0 Å². The Balaban J connectivity index is 1.85. The molecule has 1 heterocycles. The molecule has 2 heteroatoms. The number of nitrogens with zero attached hydrogens (tertiary/aromatic N) is 1. The second kappa shape index (κ2) is 6.15. The van der Waals surface area contributed by atoms with Gasteiger partial charge in [-0.25, -0.2) is 0 Å². The molecule has 21 heavy (non-hydrogen) atoms. The maximum atomic E-state index is 11.1. The summed E-state index contributed by atoms with van der Waals surface area (Å²) in [6.07, 6.45) is 9.68. The zero-order valence-corrected chi connectivity index (χ0v) is 12.9. The van der Waals surface area contributed by atoms with Gasteiger partial charge in [0.1, 0.15) is 0 Å². The summed E-state index contributed by atoms with van der Waals surface area (Å²) < 4.78 is 0. The number of aliphatic hydroxyl groups is 1. The van der Waals surface area contributed by atoms with Crippen LogP contribution >= 0.6 is 0 Å². The average molecular weight is 283 g/mol. The lowest BCUT2D eigenvalue weighted by Gasteiger charge is -2.27. The van der Waals surface area contributed by atoms with Gasteiger partial charge in [-0.05, 0) is 43.7 Å². The molecule has 0 bridgehead atoms. The van der Waals surface area contributed by atoms with Crippen LogP contribution < -0.4 is 0 Å². The molecule has 1 aromatic heterocycles. The number of hydrogen-bond donors (Lipinski definition) is 1. The number of para-hydroxylation sites is 1. The first-order chi connectivity index (χ1) is 10.2. The van der Waals surface area contributed by atoms with Crippen molar-refractivity contribution in [1.82, 2.24) is 4.98 Å². The highest BCUT2D eigenvalue weighted by Gasteiger charge is 2.32. The van der Waals surface area contributed by atoms with Crippen molar-refractivity contribution in [2.24, 2.45) is 5.92 Å². The molecular weight excluding hydrogens is 258 g/mol. The normalized spacial score (nSPS) is 26.7. The molecule has 112 valence electrons. The molecule has 0 aliphatic heterocycles. The Morgan fingerprint density at radius 3 is 2.95 bits per heavy atom. The maximum absolute atomic E-state index is 11.1. The molecule has 0 saturated heterocycles. The van der Waals surface area contributed by atoms with E-state index in [4.69, 9.17) is 0 Å². The Hall–Kier alpha value is -1.41. The van der Waals surface area contributed by atoms with Gasteiger partial charge in [0, 0.05) is 17.1 Å². The van der Waals surface area contributed by atoms with Crippen molar-refractivity contribution < 1.29 is 5.11 Å². The fourth-order valence-corrected chi connectivity index (χ4v) is 3.71. The van der Waals surface area contributed by atoms with Crippen LogP contribution in [-0.4, -0.2) is 10.1 Å². The van der Waals surface area contributed by atoms with E-state index in [0.717, 1.165) is 48.1 Å². The van der Waals surface area contributed by atoms with Crippen LogP contribution in [0, 0.1) is 5.92 Å². The first-order valence-corrected chi connectivity index (χ1v) is 8.29. The zero-order chi connectivity index (χ0) is 14.7. The van der Waals surface area contributed by atoms with E-state index in [-0.39, 0.29) is 0 Å². The topological polar surface area (TPSA) is 33.1 Å². The fourth-order valence-electron chi connectivity index (χ4n) is 3.71. The molecule has 1 N–H and O–H groups in total. The summed E-state index contributed by atoms with van der Waals surface area (Å²) in [5.74, 6) is 0.789. The van der Waals surface area contributed by atoms with E-state index in [0.29, 0.717) is 0 Å². The minimum Gasteiger partial charge on any atom is -0.385 e. The van der Waals surface area contributed by atoms with Gasteiger partial charge in [-0.2, -0.15) is 0 Å². The molecule has 0 spiro atoms. The molecule has 0 radical (unpaired) electrons. The molecule has 0 amide bonds. The third kappa shape index (κ3) is 3.11. The number of benzene rings is 1. The molecule has 2 nitrogen and oxygen atoms in total. The van der Waals surface area contributed by atoms with Crippen molar-refractivity contribution in [3.05, 3.63) is 42.1 Å². The third-order valence-electron chi connectivity index (χ3n) is 4.99. The van der Waals surface area contributed by atoms with Crippen LogP contribution in [0.25, 0.3) is 10.9 Å². The quantitative estimate of drug-likeness (QED) is 0.821. The molecule has 1 fully saturated rings. The van der Waals surface area contributed by atoms with Gasteiger partial charge in [-0.15, -0.1) is 0 Å². The lowest BCUT2D eigenvalue weighted by atomic mass is 9.86. The largest absolute Gasteiger partial charge is 0.385 e. The van der Waals surface area contributed by atoms with E-state index in [1.807, 2.05) is 24.4 Å². The van der Waals surface area contributed by atoms with Crippen molar-refractivity contribution in [2.45, 2.75) is 57.5 Å². The minimum atomic E-state index is -0.681. The van der Waals surface area contributed by atoms with E-state index >= 15 is 0 Å². The van der Waals surface area contributed by atoms with Gasteiger partial charge in [-0.3, -0.25) is 4.98 Å². The van der Waals surface area contributed by atoms with Crippen LogP contribution in [-0.2, 0) is 5.60 Å². The van der Waals surface area contributed by atoms with Crippen molar-refractivity contribution in [3.8, 4) is 0 Å². The standard InChI is InChI=1S/C19H25NO/c1-2-6-15-7-5-11-19(21,12-10-15)17-13-16-8-3-4-9-18(16)20-14-17/h3-4,8-9,13-15,21H,2,5-7,10-12H2,1H3. The van der Waals surface area contributed by atoms with Gasteiger partial charge in [-0.1, -0.05) is 44.4 Å². The van der Waals surface area contributed by atoms with Gasteiger partial charge >= 0.3 is 0 Å². The monoisotopic (exact) mass is 283 g/mol. The predicted octanol–water partition coefficient (Wildman–Crippen LogP) is 4.80. The van der Waals surface area contributed by atoms with Crippen LogP contribution in [0.5, 0.6) is 0 Å². The van der Waals surface area contributed by atoms with Crippen LogP contribution in [0.4, 0.5) is 0 Å². The molecule has 1 saturated carbocycles. The molecule has 1 aliphatic carbocycles. The minimum absolute atomic E-state index is 0.681. The highest BCUT2D eigenvalue weighted by Crippen LogP contribution is 2.39. The molecule has 2 unspecified atom stereocenters. The predicted molar refractivity (Wildman–Crippen MR) is 87.1 cm³/mol. The van der Waals surface area contributed by atoms with E-state index < -0.39 is 5.60 Å². The number of aromatic nitrogens is 1. The van der Waals surface area contributed by atoms with Gasteiger partial charge in [0.25, 0.3) is 0 Å². The van der Waals surface area contributed by atoms with E-state index in [1.54, 1.807) is 0 Å². The second-order valence-corrected chi connectivity index (χ2v) is 6.53. The zero-order valence-electron chi connectivity index (χ0n) is 12.9. The Kier molecular flexibility index (Phi) is 4.25. The van der Waals surface area contributed by atoms with Gasteiger partial charge < -0.3 is 5.11 Å². The Bertz CT molecular complexity index is 609. The maximum Gasteiger partial charge on any atom is 0.0911 e. The third-order valence-corrected chi connectivity index (χ3v) is 4.99. The molecule has 1 aromatic carbocycles. The Morgan fingerprint density at radius 1 is 1.24 bits per heavy atom. The highest BCUT2D eigenvalue weighted by molar-refractivity contribution is 5.78. The number of fused-ring (bicyclic) bond motifs is 1.